The molecule has 1 aliphatic rings. The van der Waals surface area contributed by atoms with Crippen LogP contribution in [0.1, 0.15) is 5.56 Å². The predicted molar refractivity (Wildman–Crippen MR) is 96.6 cm³/mol. The van der Waals surface area contributed by atoms with Crippen LogP contribution in [0, 0.1) is 0 Å². The van der Waals surface area contributed by atoms with E-state index in [0.29, 0.717) is 0 Å². The fraction of sp³-hybridized carbons (Fsp3) is 0.316. The summed E-state index contributed by atoms with van der Waals surface area (Å²) in [5.74, 6) is 0. The number of ether oxygens (including phenoxy) is 1. The molecule has 1 heterocycles. The summed E-state index contributed by atoms with van der Waals surface area (Å²) < 4.78 is 5.39. The van der Waals surface area contributed by atoms with Gasteiger partial charge in [-0.25, -0.2) is 4.79 Å². The Bertz CT molecular complexity index is 669. The van der Waals surface area contributed by atoms with Gasteiger partial charge in [-0.15, -0.1) is 0 Å². The Morgan fingerprint density at radius 1 is 1.12 bits per heavy atom. The maximum absolute atomic E-state index is 12.3. The minimum Gasteiger partial charge on any atom is -0.444 e. The lowest BCUT2D eigenvalue weighted by Gasteiger charge is -2.30. The Kier molecular flexibility index (Phi) is 5.33. The first-order valence-corrected chi connectivity index (χ1v) is 8.24. The highest BCUT2D eigenvalue weighted by Crippen LogP contribution is 2.22. The summed E-state index contributed by atoms with van der Waals surface area (Å²) in [6.45, 7) is 4.21. The number of benzene rings is 2. The average molecular weight is 325 g/mol. The lowest BCUT2D eigenvalue weighted by molar-refractivity contribution is 0.148. The molecule has 2 aromatic carbocycles. The summed E-state index contributed by atoms with van der Waals surface area (Å²) in [7, 11) is 1.74. The van der Waals surface area contributed by atoms with Gasteiger partial charge in [-0.1, -0.05) is 36.4 Å². The number of rotatable bonds is 4. The number of amides is 1. The van der Waals surface area contributed by atoms with Crippen molar-refractivity contribution in [1.82, 2.24) is 5.32 Å². The van der Waals surface area contributed by atoms with Crippen LogP contribution in [0.5, 0.6) is 0 Å². The maximum Gasteiger partial charge on any atom is 0.414 e. The minimum absolute atomic E-state index is 0.279. The van der Waals surface area contributed by atoms with E-state index in [1.807, 2.05) is 48.5 Å². The minimum atomic E-state index is -0.351. The molecule has 1 aliphatic heterocycles. The molecule has 2 aromatic rings. The number of hydrogen-bond acceptors (Lipinski definition) is 4. The number of piperazine rings is 1. The van der Waals surface area contributed by atoms with Gasteiger partial charge in [0.15, 0.2) is 0 Å². The zero-order valence-electron chi connectivity index (χ0n) is 13.9. The molecule has 1 N–H and O–H groups in total. The van der Waals surface area contributed by atoms with Crippen molar-refractivity contribution < 1.29 is 9.53 Å². The molecular weight excluding hydrogens is 302 g/mol. The molecule has 1 amide bonds. The molecule has 0 atom stereocenters. The van der Waals surface area contributed by atoms with Gasteiger partial charge in [0, 0.05) is 44.6 Å². The van der Waals surface area contributed by atoms with Crippen LogP contribution in [0.4, 0.5) is 16.2 Å². The lowest BCUT2D eigenvalue weighted by Crippen LogP contribution is -2.43. The Morgan fingerprint density at radius 2 is 1.88 bits per heavy atom. The second-order valence-corrected chi connectivity index (χ2v) is 5.86. The van der Waals surface area contributed by atoms with Crippen molar-refractivity contribution in [2.24, 2.45) is 0 Å². The van der Waals surface area contributed by atoms with Gasteiger partial charge in [0.2, 0.25) is 0 Å². The van der Waals surface area contributed by atoms with Crippen molar-refractivity contribution in [2.45, 2.75) is 6.61 Å². The van der Waals surface area contributed by atoms with E-state index < -0.39 is 0 Å². The first kappa shape index (κ1) is 16.3. The third-order valence-corrected chi connectivity index (χ3v) is 4.18. The van der Waals surface area contributed by atoms with Gasteiger partial charge in [-0.3, -0.25) is 4.90 Å². The zero-order chi connectivity index (χ0) is 16.8. The van der Waals surface area contributed by atoms with Crippen LogP contribution in [-0.4, -0.2) is 39.3 Å². The molecule has 1 saturated heterocycles. The van der Waals surface area contributed by atoms with Crippen LogP contribution in [0.3, 0.4) is 0 Å². The molecule has 0 aliphatic carbocycles. The monoisotopic (exact) mass is 325 g/mol. The normalized spacial score (nSPS) is 14.3. The highest BCUT2D eigenvalue weighted by atomic mass is 16.6. The summed E-state index contributed by atoms with van der Waals surface area (Å²) >= 11 is 0. The molecule has 0 saturated carbocycles. The number of carbonyl (C=O) groups is 1. The third-order valence-electron chi connectivity index (χ3n) is 4.18. The Labute approximate surface area is 142 Å². The smallest absolute Gasteiger partial charge is 0.414 e. The second kappa shape index (κ2) is 7.84. The van der Waals surface area contributed by atoms with Gasteiger partial charge < -0.3 is 15.0 Å². The number of anilines is 2. The van der Waals surface area contributed by atoms with Crippen molar-refractivity contribution >= 4 is 17.5 Å². The molecule has 126 valence electrons. The first-order chi connectivity index (χ1) is 11.7. The molecule has 5 nitrogen and oxygen atoms in total. The highest BCUT2D eigenvalue weighted by molar-refractivity contribution is 5.87. The van der Waals surface area contributed by atoms with Crippen LogP contribution in [0.25, 0.3) is 0 Å². The van der Waals surface area contributed by atoms with Crippen molar-refractivity contribution in [3.63, 3.8) is 0 Å². The van der Waals surface area contributed by atoms with Crippen LogP contribution >= 0.6 is 0 Å². The van der Waals surface area contributed by atoms with Gasteiger partial charge in [0.1, 0.15) is 6.61 Å². The summed E-state index contributed by atoms with van der Waals surface area (Å²) in [6, 6.07) is 17.7. The number of nitrogens with zero attached hydrogens (tertiary/aromatic N) is 2. The summed E-state index contributed by atoms with van der Waals surface area (Å²) in [6.07, 6.45) is -0.351. The molecule has 3 rings (SSSR count). The first-order valence-electron chi connectivity index (χ1n) is 8.24. The van der Waals surface area contributed by atoms with E-state index in [2.05, 4.69) is 16.3 Å². The van der Waals surface area contributed by atoms with Gasteiger partial charge in [0.25, 0.3) is 0 Å². The van der Waals surface area contributed by atoms with E-state index >= 15 is 0 Å². The van der Waals surface area contributed by atoms with E-state index in [1.165, 1.54) is 0 Å². The highest BCUT2D eigenvalue weighted by Gasteiger charge is 2.15. The quantitative estimate of drug-likeness (QED) is 0.939. The predicted octanol–water partition coefficient (Wildman–Crippen LogP) is 2.87. The van der Waals surface area contributed by atoms with E-state index in [4.69, 9.17) is 4.74 Å². The fourth-order valence-electron chi connectivity index (χ4n) is 2.74. The molecular formula is C19H23N3O2. The van der Waals surface area contributed by atoms with Crippen LogP contribution in [0.15, 0.2) is 54.6 Å². The Balaban J connectivity index is 1.63. The van der Waals surface area contributed by atoms with Gasteiger partial charge in [0.05, 0.1) is 0 Å². The summed E-state index contributed by atoms with van der Waals surface area (Å²) in [4.78, 5) is 16.2. The van der Waals surface area contributed by atoms with Crippen molar-refractivity contribution in [2.75, 3.05) is 43.0 Å². The molecule has 0 radical (unpaired) electrons. The van der Waals surface area contributed by atoms with Gasteiger partial charge in [-0.05, 0) is 23.8 Å². The third kappa shape index (κ3) is 4.06. The number of nitrogens with one attached hydrogen (secondary N) is 1. The van der Waals surface area contributed by atoms with E-state index in [9.17, 15) is 4.79 Å². The van der Waals surface area contributed by atoms with Gasteiger partial charge in [-0.2, -0.15) is 0 Å². The lowest BCUT2D eigenvalue weighted by atomic mass is 10.2. The number of hydrogen-bond donors (Lipinski definition) is 1. The largest absolute Gasteiger partial charge is 0.444 e. The van der Waals surface area contributed by atoms with Crippen molar-refractivity contribution in [1.29, 1.82) is 0 Å². The standard InChI is InChI=1S/C19H23N3O2/c1-21(19(23)24-15-16-6-3-2-4-7-16)17-8-5-9-18(14-17)22-12-10-20-11-13-22/h2-9,14,20H,10-13,15H2,1H3. The molecule has 1 fully saturated rings. The molecule has 0 spiro atoms. The zero-order valence-corrected chi connectivity index (χ0v) is 13.9. The van der Waals surface area contributed by atoms with E-state index in [0.717, 1.165) is 43.1 Å². The Hall–Kier alpha value is -2.53. The summed E-state index contributed by atoms with van der Waals surface area (Å²) in [5.41, 5.74) is 2.95. The molecule has 0 aromatic heterocycles. The van der Waals surface area contributed by atoms with Crippen LogP contribution in [0.2, 0.25) is 0 Å². The van der Waals surface area contributed by atoms with Gasteiger partial charge >= 0.3 is 6.09 Å². The SMILES string of the molecule is CN(C(=O)OCc1ccccc1)c1cccc(N2CCNCC2)c1. The average Bonchev–Trinajstić information content (AvgIpc) is 2.67. The van der Waals surface area contributed by atoms with Crippen LogP contribution < -0.4 is 15.1 Å². The van der Waals surface area contributed by atoms with Crippen LogP contribution in [-0.2, 0) is 11.3 Å². The fourth-order valence-corrected chi connectivity index (χ4v) is 2.74. The topological polar surface area (TPSA) is 44.8 Å². The van der Waals surface area contributed by atoms with E-state index in [1.54, 1.807) is 11.9 Å². The molecule has 5 heteroatoms. The maximum atomic E-state index is 12.3. The van der Waals surface area contributed by atoms with E-state index in [-0.39, 0.29) is 12.7 Å². The summed E-state index contributed by atoms with van der Waals surface area (Å²) in [5, 5.41) is 3.35. The molecule has 0 bridgehead atoms. The molecule has 0 unspecified atom stereocenters. The number of carbonyl (C=O) groups excluding carboxylic acids is 1. The molecule has 24 heavy (non-hydrogen) atoms. The Morgan fingerprint density at radius 3 is 2.62 bits per heavy atom. The second-order valence-electron chi connectivity index (χ2n) is 5.86. The van der Waals surface area contributed by atoms with Crippen molar-refractivity contribution in [3.05, 3.63) is 60.2 Å². The van der Waals surface area contributed by atoms with Crippen molar-refractivity contribution in [3.8, 4) is 0 Å².